The van der Waals surface area contributed by atoms with E-state index in [1.807, 2.05) is 43.4 Å². The lowest BCUT2D eigenvalue weighted by Gasteiger charge is -2.35. The molecule has 1 atom stereocenters. The molecule has 3 heterocycles. The van der Waals surface area contributed by atoms with E-state index in [-0.39, 0.29) is 24.2 Å². The summed E-state index contributed by atoms with van der Waals surface area (Å²) >= 11 is 0. The molecule has 1 saturated heterocycles. The minimum atomic E-state index is -0.243. The fourth-order valence-corrected chi connectivity index (χ4v) is 3.82. The number of morpholine rings is 1. The van der Waals surface area contributed by atoms with Crippen molar-refractivity contribution < 1.29 is 14.3 Å². The first-order chi connectivity index (χ1) is 15.5. The Hall–Kier alpha value is -3.65. The van der Waals surface area contributed by atoms with E-state index in [1.165, 1.54) is 6.07 Å². The fourth-order valence-electron chi connectivity index (χ4n) is 3.82. The molecule has 2 aliphatic heterocycles. The first kappa shape index (κ1) is 21.6. The highest BCUT2D eigenvalue weighted by Gasteiger charge is 2.27. The van der Waals surface area contributed by atoms with E-state index in [0.717, 1.165) is 11.1 Å². The Bertz CT molecular complexity index is 1170. The van der Waals surface area contributed by atoms with Gasteiger partial charge in [0, 0.05) is 25.2 Å². The van der Waals surface area contributed by atoms with Crippen molar-refractivity contribution >= 4 is 23.1 Å². The van der Waals surface area contributed by atoms with Crippen molar-refractivity contribution in [3.63, 3.8) is 0 Å². The number of allylic oxidation sites excluding steroid dienone is 5. The third-order valence-electron chi connectivity index (χ3n) is 5.41. The van der Waals surface area contributed by atoms with Gasteiger partial charge in [0.15, 0.2) is 6.61 Å². The predicted molar refractivity (Wildman–Crippen MR) is 124 cm³/mol. The van der Waals surface area contributed by atoms with E-state index in [1.54, 1.807) is 17.7 Å². The molecule has 0 bridgehead atoms. The van der Waals surface area contributed by atoms with Gasteiger partial charge in [-0.2, -0.15) is 0 Å². The minimum Gasteiger partial charge on any atom is -0.482 e. The summed E-state index contributed by atoms with van der Waals surface area (Å²) in [6, 6.07) is 7.18. The molecule has 1 fully saturated rings. The molecule has 0 spiro atoms. The van der Waals surface area contributed by atoms with Crippen LogP contribution in [0.2, 0.25) is 0 Å². The zero-order valence-electron chi connectivity index (χ0n) is 18.2. The lowest BCUT2D eigenvalue weighted by Crippen LogP contribution is -2.42. The Morgan fingerprint density at radius 3 is 2.94 bits per heavy atom. The largest absolute Gasteiger partial charge is 0.482 e. The maximum absolute atomic E-state index is 12.7. The van der Waals surface area contributed by atoms with Gasteiger partial charge in [0.25, 0.3) is 11.5 Å². The molecule has 4 rings (SSSR count). The molecule has 1 unspecified atom stereocenters. The van der Waals surface area contributed by atoms with Gasteiger partial charge in [0.2, 0.25) is 5.95 Å². The monoisotopic (exact) mass is 434 g/mol. The van der Waals surface area contributed by atoms with Crippen molar-refractivity contribution in [2.75, 3.05) is 36.5 Å². The van der Waals surface area contributed by atoms with E-state index < -0.39 is 0 Å². The molecule has 2 aromatic rings. The van der Waals surface area contributed by atoms with Crippen LogP contribution >= 0.6 is 0 Å². The lowest BCUT2D eigenvalue weighted by atomic mass is 10.1. The highest BCUT2D eigenvalue weighted by molar-refractivity contribution is 5.95. The van der Waals surface area contributed by atoms with Crippen molar-refractivity contribution in [3.8, 4) is 5.75 Å². The van der Waals surface area contributed by atoms with Crippen molar-refractivity contribution in [2.24, 2.45) is 7.05 Å². The highest BCUT2D eigenvalue weighted by atomic mass is 16.5. The zero-order chi connectivity index (χ0) is 22.7. The quantitative estimate of drug-likeness (QED) is 0.729. The number of carbonyl (C=O) groups is 1. The maximum Gasteiger partial charge on any atom is 0.262 e. The Balaban J connectivity index is 1.64. The van der Waals surface area contributed by atoms with Crippen LogP contribution in [0.15, 0.2) is 59.9 Å². The summed E-state index contributed by atoms with van der Waals surface area (Å²) in [4.78, 5) is 31.2. The molecular formula is C24H26N4O4. The Morgan fingerprint density at radius 1 is 1.31 bits per heavy atom. The number of fused-ring (bicyclic) bond motifs is 1. The number of aromatic nitrogens is 2. The normalized spacial score (nSPS) is 18.8. The molecule has 1 aromatic carbocycles. The number of rotatable bonds is 5. The second-order valence-electron chi connectivity index (χ2n) is 7.59. The van der Waals surface area contributed by atoms with Crippen molar-refractivity contribution in [2.45, 2.75) is 13.0 Å². The van der Waals surface area contributed by atoms with Gasteiger partial charge in [-0.05, 0) is 24.6 Å². The Kier molecular flexibility index (Phi) is 6.23. The molecule has 1 N–H and O–H groups in total. The van der Waals surface area contributed by atoms with E-state index in [9.17, 15) is 9.59 Å². The SMILES string of the molecule is C=C/C=C(\C=C/C)c1cc(=O)n(C)c(N2CCOC(c3ccc4c(c3)NC(=O)CO4)C2)n1. The topological polar surface area (TPSA) is 85.7 Å². The fraction of sp³-hybridized carbons (Fsp3) is 0.292. The number of carbonyl (C=O) groups excluding carboxylic acids is 1. The standard InChI is InChI=1S/C24H26N4O4/c1-4-6-16(7-5-2)18-13-23(30)27(3)24(26-18)28-10-11-31-21(14-28)17-8-9-20-19(12-17)25-22(29)15-32-20/h4-9,12-13,21H,1,10-11,14-15H2,2-3H3,(H,25,29)/b7-5-,16-6+. The third-order valence-corrected chi connectivity index (χ3v) is 5.41. The summed E-state index contributed by atoms with van der Waals surface area (Å²) in [5, 5.41) is 2.83. The predicted octanol–water partition coefficient (Wildman–Crippen LogP) is 2.83. The van der Waals surface area contributed by atoms with Crippen LogP contribution in [-0.4, -0.2) is 41.8 Å². The summed E-state index contributed by atoms with van der Waals surface area (Å²) in [7, 11) is 1.72. The smallest absolute Gasteiger partial charge is 0.262 e. The summed E-state index contributed by atoms with van der Waals surface area (Å²) in [6.45, 7) is 7.29. The van der Waals surface area contributed by atoms with Gasteiger partial charge in [-0.3, -0.25) is 14.2 Å². The van der Waals surface area contributed by atoms with Crippen LogP contribution in [0.1, 0.15) is 24.3 Å². The molecule has 32 heavy (non-hydrogen) atoms. The zero-order valence-corrected chi connectivity index (χ0v) is 18.2. The highest BCUT2D eigenvalue weighted by Crippen LogP contribution is 2.33. The Labute approximate surface area is 186 Å². The molecule has 0 aliphatic carbocycles. The number of hydrogen-bond donors (Lipinski definition) is 1. The Morgan fingerprint density at radius 2 is 2.16 bits per heavy atom. The summed E-state index contributed by atoms with van der Waals surface area (Å²) in [6.07, 6.45) is 7.07. The van der Waals surface area contributed by atoms with Crippen LogP contribution in [0.5, 0.6) is 5.75 Å². The van der Waals surface area contributed by atoms with Gasteiger partial charge in [-0.1, -0.05) is 36.9 Å². The second kappa shape index (κ2) is 9.23. The second-order valence-corrected chi connectivity index (χ2v) is 7.59. The molecule has 8 nitrogen and oxygen atoms in total. The van der Waals surface area contributed by atoms with Gasteiger partial charge in [0.05, 0.1) is 24.5 Å². The van der Waals surface area contributed by atoms with E-state index in [2.05, 4.69) is 16.8 Å². The van der Waals surface area contributed by atoms with Crippen LogP contribution in [0, 0.1) is 0 Å². The molecule has 0 radical (unpaired) electrons. The van der Waals surface area contributed by atoms with Crippen molar-refractivity contribution in [3.05, 3.63) is 76.8 Å². The van der Waals surface area contributed by atoms with Gasteiger partial charge >= 0.3 is 0 Å². The number of benzene rings is 1. The van der Waals surface area contributed by atoms with Gasteiger partial charge < -0.3 is 19.7 Å². The van der Waals surface area contributed by atoms with E-state index >= 15 is 0 Å². The van der Waals surface area contributed by atoms with Crippen LogP contribution in [0.4, 0.5) is 11.6 Å². The molecule has 8 heteroatoms. The van der Waals surface area contributed by atoms with Gasteiger partial charge in [-0.15, -0.1) is 0 Å². The number of anilines is 2. The molecular weight excluding hydrogens is 408 g/mol. The summed E-state index contributed by atoms with van der Waals surface area (Å²) in [5.41, 5.74) is 2.83. The lowest BCUT2D eigenvalue weighted by molar-refractivity contribution is -0.118. The molecule has 0 saturated carbocycles. The number of amides is 1. The number of nitrogens with one attached hydrogen (secondary N) is 1. The van der Waals surface area contributed by atoms with Gasteiger partial charge in [0.1, 0.15) is 11.9 Å². The number of ether oxygens (including phenoxy) is 2. The van der Waals surface area contributed by atoms with Crippen molar-refractivity contribution in [1.29, 1.82) is 0 Å². The molecule has 166 valence electrons. The number of hydrogen-bond acceptors (Lipinski definition) is 6. The van der Waals surface area contributed by atoms with Crippen LogP contribution in [0.25, 0.3) is 5.57 Å². The van der Waals surface area contributed by atoms with E-state index in [0.29, 0.717) is 42.8 Å². The van der Waals surface area contributed by atoms with Gasteiger partial charge in [-0.25, -0.2) is 4.98 Å². The summed E-state index contributed by atoms with van der Waals surface area (Å²) in [5.74, 6) is 1.04. The minimum absolute atomic E-state index is 0.0194. The van der Waals surface area contributed by atoms with E-state index in [4.69, 9.17) is 14.5 Å². The first-order valence-corrected chi connectivity index (χ1v) is 10.5. The van der Waals surface area contributed by atoms with Crippen LogP contribution < -0.4 is 20.5 Å². The van der Waals surface area contributed by atoms with Crippen LogP contribution in [-0.2, 0) is 16.6 Å². The average molecular weight is 434 g/mol. The van der Waals surface area contributed by atoms with Crippen molar-refractivity contribution in [1.82, 2.24) is 9.55 Å². The molecule has 1 amide bonds. The first-order valence-electron chi connectivity index (χ1n) is 10.5. The number of nitrogens with zero attached hydrogens (tertiary/aromatic N) is 3. The maximum atomic E-state index is 12.7. The molecule has 2 aliphatic rings. The third kappa shape index (κ3) is 4.36. The average Bonchev–Trinajstić information content (AvgIpc) is 2.80. The summed E-state index contributed by atoms with van der Waals surface area (Å²) < 4.78 is 13.0. The van der Waals surface area contributed by atoms with Crippen LogP contribution in [0.3, 0.4) is 0 Å². The molecule has 1 aromatic heterocycles.